The minimum atomic E-state index is -0.629. The fourth-order valence-corrected chi connectivity index (χ4v) is 6.75. The zero-order valence-electron chi connectivity index (χ0n) is 21.2. The molecule has 2 atom stereocenters. The second-order valence-electron chi connectivity index (χ2n) is 11.8. The molecule has 192 valence electrons. The lowest BCUT2D eigenvalue weighted by atomic mass is 9.83. The van der Waals surface area contributed by atoms with Crippen LogP contribution in [0.25, 0.3) is 11.1 Å². The molecule has 2 aromatic rings. The lowest BCUT2D eigenvalue weighted by Gasteiger charge is -2.33. The molecule has 7 heteroatoms. The van der Waals surface area contributed by atoms with Crippen molar-refractivity contribution in [3.63, 3.8) is 0 Å². The Bertz CT molecular complexity index is 1120. The number of nitrogens with zero attached hydrogens (tertiary/aromatic N) is 2. The predicted octanol–water partition coefficient (Wildman–Crippen LogP) is 3.51. The third-order valence-corrected chi connectivity index (χ3v) is 9.23. The highest BCUT2D eigenvalue weighted by atomic mass is 16.5. The molecule has 0 unspecified atom stereocenters. The number of rotatable bonds is 5. The zero-order chi connectivity index (χ0) is 24.9. The van der Waals surface area contributed by atoms with E-state index in [4.69, 9.17) is 10.5 Å². The summed E-state index contributed by atoms with van der Waals surface area (Å²) in [6.45, 7) is 6.02. The van der Waals surface area contributed by atoms with Crippen molar-refractivity contribution in [3.8, 4) is 11.1 Å². The Morgan fingerprint density at radius 3 is 2.58 bits per heavy atom. The summed E-state index contributed by atoms with van der Waals surface area (Å²) in [6, 6.07) is 11.4. The number of fused-ring (bicyclic) bond motifs is 1. The van der Waals surface area contributed by atoms with E-state index >= 15 is 0 Å². The molecule has 0 spiro atoms. The molecule has 2 aliphatic carbocycles. The van der Waals surface area contributed by atoms with Crippen LogP contribution in [0.1, 0.15) is 67.8 Å². The number of anilines is 1. The number of nitrogens with one attached hydrogen (secondary N) is 1. The van der Waals surface area contributed by atoms with Crippen LogP contribution in [0.2, 0.25) is 0 Å². The number of benzene rings is 1. The Labute approximate surface area is 213 Å². The first-order chi connectivity index (χ1) is 17.3. The van der Waals surface area contributed by atoms with Crippen LogP contribution in [0.15, 0.2) is 36.5 Å². The van der Waals surface area contributed by atoms with Gasteiger partial charge in [0.2, 0.25) is 0 Å². The van der Waals surface area contributed by atoms with Crippen molar-refractivity contribution in [1.29, 1.82) is 0 Å². The molecule has 4 aliphatic rings. The molecule has 6 rings (SSSR count). The summed E-state index contributed by atoms with van der Waals surface area (Å²) >= 11 is 0. The average Bonchev–Trinajstić information content (AvgIpc) is 3.46. The maximum absolute atomic E-state index is 13.0. The van der Waals surface area contributed by atoms with E-state index in [1.807, 2.05) is 13.0 Å². The molecule has 0 bridgehead atoms. The van der Waals surface area contributed by atoms with Crippen LogP contribution in [0, 0.1) is 5.92 Å². The fourth-order valence-electron chi connectivity index (χ4n) is 6.75. The molecule has 7 nitrogen and oxygen atoms in total. The Morgan fingerprint density at radius 1 is 1.14 bits per heavy atom. The Kier molecular flexibility index (Phi) is 6.05. The predicted molar refractivity (Wildman–Crippen MR) is 140 cm³/mol. The van der Waals surface area contributed by atoms with E-state index < -0.39 is 5.60 Å². The topological polar surface area (TPSA) is 101 Å². The van der Waals surface area contributed by atoms with Gasteiger partial charge in [-0.25, -0.2) is 4.98 Å². The van der Waals surface area contributed by atoms with Crippen molar-refractivity contribution in [2.45, 2.75) is 75.0 Å². The number of pyridine rings is 1. The molecule has 1 aromatic carbocycles. The summed E-state index contributed by atoms with van der Waals surface area (Å²) < 4.78 is 5.56. The van der Waals surface area contributed by atoms with Gasteiger partial charge in [0, 0.05) is 55.6 Å². The number of amides is 1. The molecule has 4 fully saturated rings. The number of likely N-dealkylation sites (tertiary alicyclic amines) is 1. The summed E-state index contributed by atoms with van der Waals surface area (Å²) in [6.07, 6.45) is 8.26. The highest BCUT2D eigenvalue weighted by Gasteiger charge is 2.61. The van der Waals surface area contributed by atoms with Gasteiger partial charge in [-0.05, 0) is 75.0 Å². The number of hydrogen-bond donors (Lipinski definition) is 3. The number of piperidine rings is 1. The summed E-state index contributed by atoms with van der Waals surface area (Å²) in [5.41, 5.74) is 9.56. The van der Waals surface area contributed by atoms with Crippen LogP contribution in [0.4, 0.5) is 5.82 Å². The molecule has 1 aromatic heterocycles. The molecule has 4 N–H and O–H groups in total. The zero-order valence-corrected chi connectivity index (χ0v) is 21.2. The Hall–Kier alpha value is -2.48. The van der Waals surface area contributed by atoms with E-state index in [0.29, 0.717) is 29.9 Å². The van der Waals surface area contributed by atoms with Gasteiger partial charge in [0.05, 0.1) is 11.2 Å². The second kappa shape index (κ2) is 9.12. The van der Waals surface area contributed by atoms with Gasteiger partial charge in [-0.2, -0.15) is 0 Å². The van der Waals surface area contributed by atoms with E-state index in [2.05, 4.69) is 39.5 Å². The van der Waals surface area contributed by atoms with E-state index in [-0.39, 0.29) is 17.8 Å². The highest BCUT2D eigenvalue weighted by Crippen LogP contribution is 2.59. The van der Waals surface area contributed by atoms with Gasteiger partial charge >= 0.3 is 0 Å². The number of ether oxygens (including phenoxy) is 1. The first kappa shape index (κ1) is 23.9. The number of nitrogens with two attached hydrogens (primary N) is 1. The van der Waals surface area contributed by atoms with Gasteiger partial charge in [0.25, 0.3) is 5.91 Å². The molecule has 1 amide bonds. The molecular weight excluding hydrogens is 452 g/mol. The van der Waals surface area contributed by atoms with Crippen LogP contribution in [0.5, 0.6) is 0 Å². The SMILES string of the molecule is CC1(O)CCC(NC(=O)c2cc(-c3ccc([C@]45C[C@H]4CN(C4CCOCC4)C5)cc3)cnc2N)CC1. The third-order valence-electron chi connectivity index (χ3n) is 9.23. The first-order valence-corrected chi connectivity index (χ1v) is 13.5. The standard InChI is InChI=1S/C29H38N4O3/c1-28(35)10-6-23(7-11-28)32-27(34)25-14-20(16-31-26(25)30)19-2-4-21(5-3-19)29-15-22(29)17-33(18-29)24-8-12-36-13-9-24/h2-5,14,16,22-24,35H,6-13,15,17-18H2,1H3,(H2,30,31)(H,32,34)/t22-,23?,28?,29+/m0/s1. The normalized spacial score (nSPS) is 32.7. The van der Waals surface area contributed by atoms with Crippen molar-refractivity contribution in [1.82, 2.24) is 15.2 Å². The third kappa shape index (κ3) is 4.53. The van der Waals surface area contributed by atoms with Gasteiger partial charge in [0.15, 0.2) is 0 Å². The lowest BCUT2D eigenvalue weighted by molar-refractivity contribution is 0.0140. The van der Waals surface area contributed by atoms with Crippen LogP contribution in [-0.4, -0.2) is 64.9 Å². The molecule has 2 aliphatic heterocycles. The summed E-state index contributed by atoms with van der Waals surface area (Å²) in [7, 11) is 0. The smallest absolute Gasteiger partial charge is 0.255 e. The minimum Gasteiger partial charge on any atom is -0.390 e. The fraction of sp³-hybridized carbons (Fsp3) is 0.586. The molecule has 3 heterocycles. The maximum Gasteiger partial charge on any atom is 0.255 e. The van der Waals surface area contributed by atoms with Crippen molar-refractivity contribution in [2.75, 3.05) is 32.0 Å². The maximum atomic E-state index is 13.0. The van der Waals surface area contributed by atoms with Gasteiger partial charge in [-0.1, -0.05) is 24.3 Å². The Morgan fingerprint density at radius 2 is 1.86 bits per heavy atom. The number of hydrogen-bond acceptors (Lipinski definition) is 6. The van der Waals surface area contributed by atoms with Crippen LogP contribution in [0.3, 0.4) is 0 Å². The number of aromatic nitrogens is 1. The van der Waals surface area contributed by atoms with E-state index in [1.165, 1.54) is 18.5 Å². The van der Waals surface area contributed by atoms with E-state index in [1.54, 1.807) is 6.20 Å². The Balaban J connectivity index is 1.14. The average molecular weight is 491 g/mol. The van der Waals surface area contributed by atoms with Gasteiger partial charge < -0.3 is 20.9 Å². The van der Waals surface area contributed by atoms with E-state index in [0.717, 1.165) is 62.5 Å². The molecule has 36 heavy (non-hydrogen) atoms. The van der Waals surface area contributed by atoms with Crippen LogP contribution >= 0.6 is 0 Å². The van der Waals surface area contributed by atoms with Crippen LogP contribution < -0.4 is 11.1 Å². The molecule has 2 saturated heterocycles. The van der Waals surface area contributed by atoms with Gasteiger partial charge in [-0.3, -0.25) is 9.69 Å². The minimum absolute atomic E-state index is 0.0536. The summed E-state index contributed by atoms with van der Waals surface area (Å²) in [4.78, 5) is 20.0. The van der Waals surface area contributed by atoms with Gasteiger partial charge in [-0.15, -0.1) is 0 Å². The van der Waals surface area contributed by atoms with E-state index in [9.17, 15) is 9.90 Å². The highest BCUT2D eigenvalue weighted by molar-refractivity contribution is 5.99. The number of aliphatic hydroxyl groups is 1. The quantitative estimate of drug-likeness (QED) is 0.593. The number of carbonyl (C=O) groups excluding carboxylic acids is 1. The monoisotopic (exact) mass is 490 g/mol. The molecule has 0 radical (unpaired) electrons. The van der Waals surface area contributed by atoms with Crippen molar-refractivity contribution in [3.05, 3.63) is 47.7 Å². The molecule has 2 saturated carbocycles. The van der Waals surface area contributed by atoms with Crippen molar-refractivity contribution >= 4 is 11.7 Å². The second-order valence-corrected chi connectivity index (χ2v) is 11.8. The number of nitrogen functional groups attached to an aromatic ring is 1. The summed E-state index contributed by atoms with van der Waals surface area (Å²) in [5, 5.41) is 13.3. The molecular formula is C29H38N4O3. The van der Waals surface area contributed by atoms with Crippen LogP contribution in [-0.2, 0) is 10.2 Å². The van der Waals surface area contributed by atoms with Crippen molar-refractivity contribution < 1.29 is 14.6 Å². The lowest BCUT2D eigenvalue weighted by Crippen LogP contribution is -2.42. The summed E-state index contributed by atoms with van der Waals surface area (Å²) in [5.74, 6) is 0.821. The van der Waals surface area contributed by atoms with Gasteiger partial charge in [0.1, 0.15) is 5.82 Å². The first-order valence-electron chi connectivity index (χ1n) is 13.5. The largest absolute Gasteiger partial charge is 0.390 e. The number of carbonyl (C=O) groups is 1. The van der Waals surface area contributed by atoms with Crippen molar-refractivity contribution in [2.24, 2.45) is 5.92 Å².